The summed E-state index contributed by atoms with van der Waals surface area (Å²) in [5.74, 6) is 6.19. The van der Waals surface area contributed by atoms with Gasteiger partial charge in [-0.15, -0.1) is 0 Å². The summed E-state index contributed by atoms with van der Waals surface area (Å²) in [5, 5.41) is 0. The molecule has 1 aliphatic carbocycles. The van der Waals surface area contributed by atoms with Crippen LogP contribution in [-0.4, -0.2) is 51.8 Å². The van der Waals surface area contributed by atoms with E-state index in [4.69, 9.17) is 9.47 Å². The van der Waals surface area contributed by atoms with E-state index in [0.29, 0.717) is 13.0 Å². The summed E-state index contributed by atoms with van der Waals surface area (Å²) in [6.07, 6.45) is 7.65. The third kappa shape index (κ3) is 4.43. The maximum Gasteiger partial charge on any atom is 0.409 e. The lowest BCUT2D eigenvalue weighted by molar-refractivity contribution is -0.163. The van der Waals surface area contributed by atoms with Crippen molar-refractivity contribution in [2.45, 2.75) is 50.8 Å². The maximum atomic E-state index is 12.9. The molecule has 0 unspecified atom stereocenters. The molecule has 4 rings (SSSR count). The van der Waals surface area contributed by atoms with Crippen molar-refractivity contribution >= 4 is 12.1 Å². The number of benzene rings is 1. The van der Waals surface area contributed by atoms with Crippen LogP contribution >= 0.6 is 0 Å². The zero-order valence-corrected chi connectivity index (χ0v) is 17.9. The predicted molar refractivity (Wildman–Crippen MR) is 114 cm³/mol. The lowest BCUT2D eigenvalue weighted by Gasteiger charge is -2.42. The first-order valence-electron chi connectivity index (χ1n) is 10.6. The minimum atomic E-state index is -0.937. The highest BCUT2D eigenvalue weighted by Crippen LogP contribution is 2.45. The third-order valence-corrected chi connectivity index (χ3v) is 6.21. The Kier molecular flexibility index (Phi) is 5.99. The molecule has 162 valence electrons. The molecule has 2 heterocycles. The highest BCUT2D eigenvalue weighted by atomic mass is 16.6. The molecule has 1 aromatic carbocycles. The van der Waals surface area contributed by atoms with Gasteiger partial charge >= 0.3 is 12.1 Å². The molecule has 1 amide bonds. The molecule has 2 aromatic rings. The minimum Gasteiger partial charge on any atom is -0.453 e. The quantitative estimate of drug-likeness (QED) is 0.562. The molecule has 1 aliphatic heterocycles. The number of methoxy groups -OCH3 is 1. The average Bonchev–Trinajstić information content (AvgIpc) is 3.42. The Bertz CT molecular complexity index is 1010. The van der Waals surface area contributed by atoms with Crippen molar-refractivity contribution in [2.75, 3.05) is 13.7 Å². The maximum absolute atomic E-state index is 12.9. The van der Waals surface area contributed by atoms with E-state index in [9.17, 15) is 9.59 Å². The number of aromatic nitrogens is 2. The normalized spacial score (nSPS) is 24.6. The number of carbonyl (C=O) groups is 2. The second-order valence-electron chi connectivity index (χ2n) is 8.24. The Labute approximate surface area is 182 Å². The molecule has 2 aliphatic rings. The van der Waals surface area contributed by atoms with Crippen molar-refractivity contribution in [3.63, 3.8) is 0 Å². The van der Waals surface area contributed by atoms with Gasteiger partial charge in [0.1, 0.15) is 6.54 Å². The SMILES string of the molecule is COC(=O)N1CC[C@@H]2[C@H]1CCC[C@]2(C#Cc1cccc(C)c1)OC(=O)Cn1ccnc1. The summed E-state index contributed by atoms with van der Waals surface area (Å²) in [5.41, 5.74) is 1.07. The van der Waals surface area contributed by atoms with Crippen LogP contribution in [0.1, 0.15) is 36.8 Å². The smallest absolute Gasteiger partial charge is 0.409 e. The van der Waals surface area contributed by atoms with Crippen LogP contribution < -0.4 is 0 Å². The van der Waals surface area contributed by atoms with Crippen LogP contribution in [0.4, 0.5) is 4.79 Å². The van der Waals surface area contributed by atoms with Crippen molar-refractivity contribution < 1.29 is 19.1 Å². The predicted octanol–water partition coefficient (Wildman–Crippen LogP) is 3.17. The first-order valence-corrected chi connectivity index (χ1v) is 10.6. The second-order valence-corrected chi connectivity index (χ2v) is 8.24. The fraction of sp³-hybridized carbons (Fsp3) is 0.458. The van der Waals surface area contributed by atoms with Crippen molar-refractivity contribution in [3.05, 3.63) is 54.1 Å². The Morgan fingerprint density at radius 2 is 2.19 bits per heavy atom. The van der Waals surface area contributed by atoms with E-state index in [1.165, 1.54) is 7.11 Å². The van der Waals surface area contributed by atoms with Gasteiger partial charge in [-0.3, -0.25) is 4.79 Å². The molecule has 7 heteroatoms. The highest BCUT2D eigenvalue weighted by molar-refractivity contribution is 5.71. The lowest BCUT2D eigenvalue weighted by atomic mass is 9.72. The number of likely N-dealkylation sites (tertiary alicyclic amines) is 1. The van der Waals surface area contributed by atoms with Gasteiger partial charge in [0, 0.05) is 36.5 Å². The Morgan fingerprint density at radius 1 is 1.32 bits per heavy atom. The largest absolute Gasteiger partial charge is 0.453 e. The van der Waals surface area contributed by atoms with E-state index in [0.717, 1.165) is 30.4 Å². The second kappa shape index (κ2) is 8.84. The lowest BCUT2D eigenvalue weighted by Crippen LogP contribution is -2.52. The molecule has 31 heavy (non-hydrogen) atoms. The van der Waals surface area contributed by atoms with E-state index in [1.54, 1.807) is 28.2 Å². The number of carbonyl (C=O) groups excluding carboxylic acids is 2. The molecule has 3 atom stereocenters. The molecule has 7 nitrogen and oxygen atoms in total. The first kappa shape index (κ1) is 21.0. The van der Waals surface area contributed by atoms with E-state index in [1.807, 2.05) is 31.2 Å². The van der Waals surface area contributed by atoms with E-state index < -0.39 is 5.60 Å². The standard InChI is InChI=1S/C24H27N3O4/c1-18-5-3-6-19(15-18)8-11-24(31-22(28)16-26-14-12-25-17-26)10-4-7-21-20(24)9-13-27(21)23(29)30-2/h3,5-6,12,14-15,17,20-21H,4,7,9-10,13,16H2,1-2H3/t20-,21-,24-/m1/s1. The summed E-state index contributed by atoms with van der Waals surface area (Å²) in [7, 11) is 1.40. The molecule has 0 bridgehead atoms. The van der Waals surface area contributed by atoms with Gasteiger partial charge < -0.3 is 18.9 Å². The Hall–Kier alpha value is -3.27. The van der Waals surface area contributed by atoms with Gasteiger partial charge in [-0.1, -0.05) is 18.1 Å². The van der Waals surface area contributed by atoms with Crippen LogP contribution in [-0.2, 0) is 20.8 Å². The molecule has 0 N–H and O–H groups in total. The van der Waals surface area contributed by atoms with Crippen molar-refractivity contribution in [2.24, 2.45) is 5.92 Å². The van der Waals surface area contributed by atoms with Gasteiger partial charge in [0.2, 0.25) is 0 Å². The summed E-state index contributed by atoms with van der Waals surface area (Å²) >= 11 is 0. The third-order valence-electron chi connectivity index (χ3n) is 6.21. The molecule has 0 radical (unpaired) electrons. The number of imidazole rings is 1. The van der Waals surface area contributed by atoms with E-state index >= 15 is 0 Å². The fourth-order valence-corrected chi connectivity index (χ4v) is 4.83. The number of rotatable bonds is 3. The Morgan fingerprint density at radius 3 is 2.94 bits per heavy atom. The zero-order chi connectivity index (χ0) is 21.8. The van der Waals surface area contributed by atoms with Crippen LogP contribution in [0, 0.1) is 24.7 Å². The highest BCUT2D eigenvalue weighted by Gasteiger charge is 2.53. The summed E-state index contributed by atoms with van der Waals surface area (Å²) in [6, 6.07) is 7.91. The zero-order valence-electron chi connectivity index (χ0n) is 17.9. The number of hydrogen-bond acceptors (Lipinski definition) is 5. The van der Waals surface area contributed by atoms with Gasteiger partial charge in [-0.2, -0.15) is 0 Å². The van der Waals surface area contributed by atoms with E-state index in [2.05, 4.69) is 16.8 Å². The summed E-state index contributed by atoms with van der Waals surface area (Å²) < 4.78 is 12.8. The number of fused-ring (bicyclic) bond motifs is 1. The molecular weight excluding hydrogens is 394 g/mol. The first-order chi connectivity index (χ1) is 15.0. The van der Waals surface area contributed by atoms with Crippen molar-refractivity contribution in [1.82, 2.24) is 14.5 Å². The molecular formula is C24H27N3O4. The fourth-order valence-electron chi connectivity index (χ4n) is 4.83. The molecule has 1 aromatic heterocycles. The van der Waals surface area contributed by atoms with Crippen molar-refractivity contribution in [1.29, 1.82) is 0 Å². The Balaban J connectivity index is 1.65. The van der Waals surface area contributed by atoms with Gasteiger partial charge in [-0.05, 0) is 56.2 Å². The molecule has 0 spiro atoms. The van der Waals surface area contributed by atoms with Crippen LogP contribution in [0.2, 0.25) is 0 Å². The molecule has 1 saturated carbocycles. The number of esters is 1. The van der Waals surface area contributed by atoms with Gasteiger partial charge in [0.15, 0.2) is 5.60 Å². The van der Waals surface area contributed by atoms with Gasteiger partial charge in [-0.25, -0.2) is 9.78 Å². The van der Waals surface area contributed by atoms with Crippen LogP contribution in [0.25, 0.3) is 0 Å². The topological polar surface area (TPSA) is 73.7 Å². The van der Waals surface area contributed by atoms with Crippen LogP contribution in [0.3, 0.4) is 0 Å². The molecule has 1 saturated heterocycles. The monoisotopic (exact) mass is 421 g/mol. The van der Waals surface area contributed by atoms with Crippen LogP contribution in [0.15, 0.2) is 43.0 Å². The van der Waals surface area contributed by atoms with Crippen LogP contribution in [0.5, 0.6) is 0 Å². The number of nitrogens with zero attached hydrogens (tertiary/aromatic N) is 3. The summed E-state index contributed by atoms with van der Waals surface area (Å²) in [6.45, 7) is 2.68. The number of aryl methyl sites for hydroxylation is 1. The van der Waals surface area contributed by atoms with E-state index in [-0.39, 0.29) is 30.6 Å². The number of ether oxygens (including phenoxy) is 2. The van der Waals surface area contributed by atoms with Crippen molar-refractivity contribution in [3.8, 4) is 11.8 Å². The number of amides is 1. The van der Waals surface area contributed by atoms with Gasteiger partial charge in [0.05, 0.1) is 13.4 Å². The average molecular weight is 421 g/mol. The molecule has 2 fully saturated rings. The summed E-state index contributed by atoms with van der Waals surface area (Å²) in [4.78, 5) is 30.9. The van der Waals surface area contributed by atoms with Gasteiger partial charge in [0.25, 0.3) is 0 Å². The number of hydrogen-bond donors (Lipinski definition) is 0. The minimum absolute atomic E-state index is 0.0472.